The van der Waals surface area contributed by atoms with Crippen LogP contribution in [0.25, 0.3) is 0 Å². The van der Waals surface area contributed by atoms with Gasteiger partial charge in [0.2, 0.25) is 0 Å². The first kappa shape index (κ1) is 14.0. The van der Waals surface area contributed by atoms with E-state index in [4.69, 9.17) is 10.5 Å². The summed E-state index contributed by atoms with van der Waals surface area (Å²) >= 11 is 0. The van der Waals surface area contributed by atoms with Crippen molar-refractivity contribution in [1.82, 2.24) is 0 Å². The molecule has 3 N–H and O–H groups in total. The van der Waals surface area contributed by atoms with Gasteiger partial charge in [-0.2, -0.15) is 0 Å². The fourth-order valence-electron chi connectivity index (χ4n) is 2.91. The van der Waals surface area contributed by atoms with Crippen LogP contribution in [0, 0.1) is 0 Å². The molecule has 0 saturated heterocycles. The molecule has 21 heavy (non-hydrogen) atoms. The molecule has 1 unspecified atom stereocenters. The number of hydrogen-bond donors (Lipinski definition) is 2. The maximum Gasteiger partial charge on any atom is 0.128 e. The van der Waals surface area contributed by atoms with E-state index in [0.717, 1.165) is 23.4 Å². The molecule has 0 saturated carbocycles. The molecule has 1 aliphatic rings. The van der Waals surface area contributed by atoms with Crippen LogP contribution in [0.2, 0.25) is 0 Å². The third kappa shape index (κ3) is 2.88. The van der Waals surface area contributed by atoms with Gasteiger partial charge >= 0.3 is 0 Å². The Labute approximate surface area is 126 Å². The lowest BCUT2D eigenvalue weighted by Gasteiger charge is -2.23. The second-order valence-corrected chi connectivity index (χ2v) is 6.17. The number of rotatable bonds is 4. The number of nitrogens with two attached hydrogens (primary N) is 1. The van der Waals surface area contributed by atoms with E-state index in [0.29, 0.717) is 6.54 Å². The molecule has 0 spiro atoms. The van der Waals surface area contributed by atoms with Crippen molar-refractivity contribution >= 4 is 5.69 Å². The minimum Gasteiger partial charge on any atom is -0.487 e. The van der Waals surface area contributed by atoms with Gasteiger partial charge in [0.25, 0.3) is 0 Å². The van der Waals surface area contributed by atoms with E-state index in [-0.39, 0.29) is 11.6 Å². The van der Waals surface area contributed by atoms with Crippen LogP contribution < -0.4 is 15.8 Å². The van der Waals surface area contributed by atoms with Gasteiger partial charge in [-0.15, -0.1) is 0 Å². The van der Waals surface area contributed by atoms with Gasteiger partial charge in [0.1, 0.15) is 11.4 Å². The Bertz CT molecular complexity index is 622. The maximum absolute atomic E-state index is 6.15. The molecule has 1 aliphatic heterocycles. The van der Waals surface area contributed by atoms with Crippen molar-refractivity contribution in [2.75, 3.05) is 11.9 Å². The summed E-state index contributed by atoms with van der Waals surface area (Å²) in [6, 6.07) is 16.5. The van der Waals surface area contributed by atoms with Crippen LogP contribution in [0.1, 0.15) is 31.0 Å². The van der Waals surface area contributed by atoms with E-state index in [1.807, 2.05) is 18.2 Å². The summed E-state index contributed by atoms with van der Waals surface area (Å²) in [6.45, 7) is 4.77. The van der Waals surface area contributed by atoms with Crippen LogP contribution in [-0.2, 0) is 6.42 Å². The Kier molecular flexibility index (Phi) is 3.60. The van der Waals surface area contributed by atoms with E-state index in [1.54, 1.807) is 0 Å². The van der Waals surface area contributed by atoms with Gasteiger partial charge in [0.15, 0.2) is 0 Å². The maximum atomic E-state index is 6.15. The van der Waals surface area contributed by atoms with Gasteiger partial charge in [-0.25, -0.2) is 0 Å². The highest BCUT2D eigenvalue weighted by molar-refractivity contribution is 5.52. The monoisotopic (exact) mass is 282 g/mol. The Balaban J connectivity index is 1.91. The molecule has 0 bridgehead atoms. The van der Waals surface area contributed by atoms with E-state index >= 15 is 0 Å². The number of para-hydroxylation sites is 2. The van der Waals surface area contributed by atoms with E-state index in [9.17, 15) is 0 Å². The summed E-state index contributed by atoms with van der Waals surface area (Å²) in [5.74, 6) is 1.00. The van der Waals surface area contributed by atoms with Crippen molar-refractivity contribution in [3.8, 4) is 5.75 Å². The Hall–Kier alpha value is -2.00. The quantitative estimate of drug-likeness (QED) is 0.902. The molecular weight excluding hydrogens is 260 g/mol. The number of fused-ring (bicyclic) bond motifs is 1. The summed E-state index contributed by atoms with van der Waals surface area (Å²) in [5, 5.41) is 3.50. The smallest absolute Gasteiger partial charge is 0.128 e. The molecule has 0 amide bonds. The van der Waals surface area contributed by atoms with Gasteiger partial charge < -0.3 is 15.8 Å². The van der Waals surface area contributed by atoms with Crippen LogP contribution >= 0.6 is 0 Å². The molecule has 1 atom stereocenters. The van der Waals surface area contributed by atoms with Crippen LogP contribution in [0.3, 0.4) is 0 Å². The first-order chi connectivity index (χ1) is 10.1. The van der Waals surface area contributed by atoms with Gasteiger partial charge in [-0.1, -0.05) is 36.4 Å². The van der Waals surface area contributed by atoms with Crippen molar-refractivity contribution in [2.24, 2.45) is 5.73 Å². The highest BCUT2D eigenvalue weighted by atomic mass is 16.5. The molecule has 3 nitrogen and oxygen atoms in total. The first-order valence-corrected chi connectivity index (χ1v) is 7.41. The number of hydrogen-bond acceptors (Lipinski definition) is 3. The second kappa shape index (κ2) is 5.41. The topological polar surface area (TPSA) is 47.3 Å². The molecule has 0 fully saturated rings. The molecule has 110 valence electrons. The molecule has 3 rings (SSSR count). The zero-order chi connectivity index (χ0) is 14.9. The summed E-state index contributed by atoms with van der Waals surface area (Å²) in [6.07, 6.45) is 0.943. The van der Waals surface area contributed by atoms with Crippen LogP contribution in [-0.4, -0.2) is 12.1 Å². The summed E-state index contributed by atoms with van der Waals surface area (Å²) in [4.78, 5) is 0. The van der Waals surface area contributed by atoms with E-state index < -0.39 is 0 Å². The fraction of sp³-hybridized carbons (Fsp3) is 0.333. The molecule has 0 aromatic heterocycles. The highest BCUT2D eigenvalue weighted by Crippen LogP contribution is 2.40. The minimum atomic E-state index is -0.135. The van der Waals surface area contributed by atoms with Crippen molar-refractivity contribution in [3.05, 3.63) is 59.7 Å². The molecule has 0 aliphatic carbocycles. The third-order valence-corrected chi connectivity index (χ3v) is 3.85. The van der Waals surface area contributed by atoms with Crippen molar-refractivity contribution < 1.29 is 4.74 Å². The van der Waals surface area contributed by atoms with Crippen LogP contribution in [0.4, 0.5) is 5.69 Å². The van der Waals surface area contributed by atoms with Gasteiger partial charge in [0.05, 0.1) is 6.04 Å². The van der Waals surface area contributed by atoms with Crippen molar-refractivity contribution in [3.63, 3.8) is 0 Å². The summed E-state index contributed by atoms with van der Waals surface area (Å²) in [7, 11) is 0. The SMILES string of the molecule is CC1(C)Cc2cccc(C(CN)Nc3ccccc3)c2O1. The standard InChI is InChI=1S/C18H22N2O/c1-18(2)11-13-7-6-10-15(17(13)21-18)16(12-19)20-14-8-4-3-5-9-14/h3-10,16,20H,11-12,19H2,1-2H3. The third-order valence-electron chi connectivity index (χ3n) is 3.85. The van der Waals surface area contributed by atoms with Gasteiger partial charge in [-0.3, -0.25) is 0 Å². The molecule has 0 radical (unpaired) electrons. The minimum absolute atomic E-state index is 0.0521. The Morgan fingerprint density at radius 2 is 1.90 bits per heavy atom. The Morgan fingerprint density at radius 3 is 2.62 bits per heavy atom. The largest absolute Gasteiger partial charge is 0.487 e. The van der Waals surface area contributed by atoms with Gasteiger partial charge in [0, 0.05) is 24.2 Å². The average Bonchev–Trinajstić information content (AvgIpc) is 2.79. The lowest BCUT2D eigenvalue weighted by molar-refractivity contribution is 0.137. The second-order valence-electron chi connectivity index (χ2n) is 6.17. The van der Waals surface area contributed by atoms with Crippen LogP contribution in [0.5, 0.6) is 5.75 Å². The van der Waals surface area contributed by atoms with Crippen molar-refractivity contribution in [2.45, 2.75) is 31.9 Å². The predicted molar refractivity (Wildman–Crippen MR) is 86.7 cm³/mol. The van der Waals surface area contributed by atoms with E-state index in [2.05, 4.69) is 49.5 Å². The molecule has 2 aromatic rings. The number of anilines is 1. The number of nitrogens with one attached hydrogen (secondary N) is 1. The normalized spacial score (nSPS) is 16.9. The van der Waals surface area contributed by atoms with Crippen LogP contribution in [0.15, 0.2) is 48.5 Å². The van der Waals surface area contributed by atoms with Crippen molar-refractivity contribution in [1.29, 1.82) is 0 Å². The Morgan fingerprint density at radius 1 is 1.14 bits per heavy atom. The molecule has 1 heterocycles. The molecule has 3 heteroatoms. The molecular formula is C18H22N2O. The average molecular weight is 282 g/mol. The fourth-order valence-corrected chi connectivity index (χ4v) is 2.91. The predicted octanol–water partition coefficient (Wildman–Crippen LogP) is 3.51. The lowest BCUT2D eigenvalue weighted by Crippen LogP contribution is -2.26. The summed E-state index contributed by atoms with van der Waals surface area (Å²) in [5.41, 5.74) is 9.35. The lowest BCUT2D eigenvalue weighted by atomic mass is 9.98. The van der Waals surface area contributed by atoms with E-state index in [1.165, 1.54) is 5.56 Å². The zero-order valence-electron chi connectivity index (χ0n) is 12.6. The highest BCUT2D eigenvalue weighted by Gasteiger charge is 2.32. The zero-order valence-corrected chi connectivity index (χ0v) is 12.6. The number of benzene rings is 2. The number of ether oxygens (including phenoxy) is 1. The first-order valence-electron chi connectivity index (χ1n) is 7.41. The summed E-state index contributed by atoms with van der Waals surface area (Å²) < 4.78 is 6.15. The molecule has 2 aromatic carbocycles. The van der Waals surface area contributed by atoms with Gasteiger partial charge in [-0.05, 0) is 31.5 Å².